The summed E-state index contributed by atoms with van der Waals surface area (Å²) in [5.74, 6) is 1.81. The van der Waals surface area contributed by atoms with Gasteiger partial charge in [0.1, 0.15) is 11.2 Å². The third-order valence-electron chi connectivity index (χ3n) is 11.1. The predicted octanol–water partition coefficient (Wildman–Crippen LogP) is 13.9. The van der Waals surface area contributed by atoms with Gasteiger partial charge >= 0.3 is 0 Å². The van der Waals surface area contributed by atoms with Crippen LogP contribution in [-0.4, -0.2) is 19.5 Å². The zero-order valence-electron chi connectivity index (χ0n) is 30.4. The molecule has 0 spiro atoms. The van der Waals surface area contributed by atoms with E-state index in [1.54, 1.807) is 0 Å². The summed E-state index contributed by atoms with van der Waals surface area (Å²) in [5.41, 5.74) is 10.1. The summed E-state index contributed by atoms with van der Waals surface area (Å²) in [6.45, 7) is 0. The van der Waals surface area contributed by atoms with Crippen LogP contribution in [0.4, 0.5) is 0 Å². The van der Waals surface area contributed by atoms with Crippen molar-refractivity contribution in [3.63, 3.8) is 0 Å². The third kappa shape index (κ3) is 5.04. The monoisotopic (exact) mass is 746 g/mol. The SMILES string of the molecule is c1ccc(-c2nc(-c3cccc(-n4c5ccccc5c5ccc(-c6cccc7c6sc6ccccc67)cc54)c3)nc(-c3cccc4oc5ccccc5c34)n2)cc1. The van der Waals surface area contributed by atoms with Crippen LogP contribution in [0.25, 0.3) is 115 Å². The molecule has 12 rings (SSSR count). The second-order valence-corrected chi connectivity index (χ2v) is 15.4. The Bertz CT molecular complexity index is 3540. The quantitative estimate of drug-likeness (QED) is 0.176. The molecule has 0 saturated heterocycles. The van der Waals surface area contributed by atoms with E-state index in [0.717, 1.165) is 55.3 Å². The predicted molar refractivity (Wildman–Crippen MR) is 236 cm³/mol. The van der Waals surface area contributed by atoms with E-state index in [0.29, 0.717) is 17.5 Å². The van der Waals surface area contributed by atoms with Crippen LogP contribution >= 0.6 is 11.3 Å². The fourth-order valence-corrected chi connectivity index (χ4v) is 9.72. The van der Waals surface area contributed by atoms with Crippen molar-refractivity contribution in [1.82, 2.24) is 19.5 Å². The van der Waals surface area contributed by atoms with Crippen LogP contribution in [0.3, 0.4) is 0 Å². The van der Waals surface area contributed by atoms with Gasteiger partial charge in [0, 0.05) is 64.1 Å². The summed E-state index contributed by atoms with van der Waals surface area (Å²) in [6, 6.07) is 63.8. The zero-order chi connectivity index (χ0) is 37.5. The average molecular weight is 747 g/mol. The van der Waals surface area contributed by atoms with E-state index in [-0.39, 0.29) is 0 Å². The molecular weight excluding hydrogens is 717 g/mol. The molecule has 0 radical (unpaired) electrons. The van der Waals surface area contributed by atoms with Crippen LogP contribution in [0.1, 0.15) is 0 Å². The lowest BCUT2D eigenvalue weighted by atomic mass is 10.0. The Kier molecular flexibility index (Phi) is 7.03. The van der Waals surface area contributed by atoms with Gasteiger partial charge in [-0.2, -0.15) is 0 Å². The lowest BCUT2D eigenvalue weighted by Crippen LogP contribution is -2.01. The number of hydrogen-bond donors (Lipinski definition) is 0. The first kappa shape index (κ1) is 31.9. The average Bonchev–Trinajstić information content (AvgIpc) is 3.96. The number of furan rings is 1. The van der Waals surface area contributed by atoms with Crippen molar-refractivity contribution in [3.05, 3.63) is 182 Å². The number of aromatic nitrogens is 4. The maximum Gasteiger partial charge on any atom is 0.164 e. The zero-order valence-corrected chi connectivity index (χ0v) is 31.2. The smallest absolute Gasteiger partial charge is 0.164 e. The van der Waals surface area contributed by atoms with E-state index in [9.17, 15) is 0 Å². The van der Waals surface area contributed by atoms with Crippen LogP contribution in [0.15, 0.2) is 186 Å². The van der Waals surface area contributed by atoms with Gasteiger partial charge in [0.2, 0.25) is 0 Å². The largest absolute Gasteiger partial charge is 0.456 e. The molecule has 4 heterocycles. The van der Waals surface area contributed by atoms with Gasteiger partial charge in [-0.3, -0.25) is 0 Å². The summed E-state index contributed by atoms with van der Waals surface area (Å²) < 4.78 is 11.3. The summed E-state index contributed by atoms with van der Waals surface area (Å²) in [5, 5.41) is 7.03. The van der Waals surface area contributed by atoms with Gasteiger partial charge in [-0.15, -0.1) is 11.3 Å². The van der Waals surface area contributed by atoms with Crippen LogP contribution in [0.2, 0.25) is 0 Å². The van der Waals surface area contributed by atoms with Crippen molar-refractivity contribution in [2.75, 3.05) is 0 Å². The van der Waals surface area contributed by atoms with Crippen molar-refractivity contribution in [2.24, 2.45) is 0 Å². The Morgan fingerprint density at radius 2 is 1.05 bits per heavy atom. The van der Waals surface area contributed by atoms with Crippen molar-refractivity contribution in [2.45, 2.75) is 0 Å². The molecule has 266 valence electrons. The highest BCUT2D eigenvalue weighted by atomic mass is 32.1. The highest BCUT2D eigenvalue weighted by molar-refractivity contribution is 7.26. The fourth-order valence-electron chi connectivity index (χ4n) is 8.48. The molecule has 8 aromatic carbocycles. The maximum atomic E-state index is 6.27. The normalized spacial score (nSPS) is 11.9. The minimum absolute atomic E-state index is 0.596. The maximum absolute atomic E-state index is 6.27. The van der Waals surface area contributed by atoms with E-state index >= 15 is 0 Å². The Balaban J connectivity index is 1.06. The first-order valence-electron chi connectivity index (χ1n) is 19.0. The van der Waals surface area contributed by atoms with E-state index in [2.05, 4.69) is 126 Å². The Morgan fingerprint density at radius 3 is 1.96 bits per heavy atom. The highest BCUT2D eigenvalue weighted by Crippen LogP contribution is 2.42. The molecule has 5 nitrogen and oxygen atoms in total. The Morgan fingerprint density at radius 1 is 0.404 bits per heavy atom. The number of benzene rings is 8. The van der Waals surface area contributed by atoms with E-state index in [1.807, 2.05) is 72.0 Å². The summed E-state index contributed by atoms with van der Waals surface area (Å²) in [4.78, 5) is 15.4. The number of rotatable bonds is 5. The third-order valence-corrected chi connectivity index (χ3v) is 12.3. The second-order valence-electron chi connectivity index (χ2n) is 14.4. The summed E-state index contributed by atoms with van der Waals surface area (Å²) in [7, 11) is 0. The molecule has 4 aromatic heterocycles. The molecule has 0 unspecified atom stereocenters. The molecule has 0 atom stereocenters. The van der Waals surface area contributed by atoms with Crippen molar-refractivity contribution >= 4 is 75.3 Å². The van der Waals surface area contributed by atoms with E-state index < -0.39 is 0 Å². The summed E-state index contributed by atoms with van der Waals surface area (Å²) in [6.07, 6.45) is 0. The molecule has 0 aliphatic heterocycles. The topological polar surface area (TPSA) is 56.7 Å². The molecule has 0 N–H and O–H groups in total. The van der Waals surface area contributed by atoms with Crippen LogP contribution in [-0.2, 0) is 0 Å². The van der Waals surface area contributed by atoms with Crippen LogP contribution in [0.5, 0.6) is 0 Å². The standard InChI is InChI=1S/C51H30N4OS/c1-2-13-31(14-3-1)49-52-50(54-51(53-49)41-22-12-25-45-47(41)40-19-5-8-24-44(40)56-45)33-15-10-16-34(29-33)55-42-23-7-4-17-36(42)37-28-27-32(30-43(37)55)35-20-11-21-39-38-18-6-9-26-46(38)57-48(35)39/h1-30H. The minimum atomic E-state index is 0.596. The molecule has 0 aliphatic carbocycles. The molecule has 57 heavy (non-hydrogen) atoms. The number of thiophene rings is 1. The van der Waals surface area contributed by atoms with Gasteiger partial charge in [-0.1, -0.05) is 140 Å². The van der Waals surface area contributed by atoms with Crippen molar-refractivity contribution in [1.29, 1.82) is 0 Å². The van der Waals surface area contributed by atoms with Crippen LogP contribution < -0.4 is 0 Å². The first-order valence-corrected chi connectivity index (χ1v) is 19.8. The Hall–Kier alpha value is -7.41. The van der Waals surface area contributed by atoms with Gasteiger partial charge in [-0.25, -0.2) is 15.0 Å². The molecule has 0 bridgehead atoms. The second kappa shape index (κ2) is 12.6. The lowest BCUT2D eigenvalue weighted by molar-refractivity contribution is 0.669. The number of fused-ring (bicyclic) bond motifs is 9. The highest BCUT2D eigenvalue weighted by Gasteiger charge is 2.20. The molecule has 0 saturated carbocycles. The van der Waals surface area contributed by atoms with Gasteiger partial charge in [0.05, 0.1) is 11.0 Å². The van der Waals surface area contributed by atoms with Crippen molar-refractivity contribution < 1.29 is 4.42 Å². The minimum Gasteiger partial charge on any atom is -0.456 e. The van der Waals surface area contributed by atoms with Gasteiger partial charge in [0.25, 0.3) is 0 Å². The molecule has 0 amide bonds. The first-order chi connectivity index (χ1) is 28.2. The van der Waals surface area contributed by atoms with E-state index in [1.165, 1.54) is 42.1 Å². The number of nitrogens with zero attached hydrogens (tertiary/aromatic N) is 4. The molecule has 6 heteroatoms. The molecule has 0 fully saturated rings. The lowest BCUT2D eigenvalue weighted by Gasteiger charge is -2.12. The fraction of sp³-hybridized carbons (Fsp3) is 0. The molecular formula is C51H30N4OS. The number of para-hydroxylation sites is 2. The van der Waals surface area contributed by atoms with Crippen LogP contribution in [0, 0.1) is 0 Å². The van der Waals surface area contributed by atoms with Gasteiger partial charge < -0.3 is 8.98 Å². The molecule has 0 aliphatic rings. The van der Waals surface area contributed by atoms with Crippen molar-refractivity contribution in [3.8, 4) is 51.0 Å². The number of hydrogen-bond acceptors (Lipinski definition) is 5. The van der Waals surface area contributed by atoms with E-state index in [4.69, 9.17) is 19.4 Å². The summed E-state index contributed by atoms with van der Waals surface area (Å²) >= 11 is 1.86. The van der Waals surface area contributed by atoms with Gasteiger partial charge in [0.15, 0.2) is 17.5 Å². The molecule has 12 aromatic rings. The van der Waals surface area contributed by atoms with Gasteiger partial charge in [-0.05, 0) is 53.6 Å². The Labute approximate surface area is 330 Å².